The van der Waals surface area contributed by atoms with Crippen LogP contribution in [0.25, 0.3) is 0 Å². The van der Waals surface area contributed by atoms with E-state index in [0.29, 0.717) is 16.8 Å². The van der Waals surface area contributed by atoms with E-state index in [1.165, 1.54) is 36.7 Å². The zero-order valence-corrected chi connectivity index (χ0v) is 23.5. The molecule has 3 aromatic rings. The van der Waals surface area contributed by atoms with Crippen molar-refractivity contribution < 1.29 is 40.6 Å². The predicted octanol–water partition coefficient (Wildman–Crippen LogP) is 6.76. The zero-order valence-electron chi connectivity index (χ0n) is 23.5. The van der Waals surface area contributed by atoms with Crippen molar-refractivity contribution in [2.45, 2.75) is 31.5 Å². The minimum atomic E-state index is -5.00. The Morgan fingerprint density at radius 1 is 0.864 bits per heavy atom. The monoisotopic (exact) mass is 620 g/mol. The topological polar surface area (TPSA) is 98.0 Å². The van der Waals surface area contributed by atoms with E-state index < -0.39 is 35.7 Å². The highest BCUT2D eigenvalue weighted by atomic mass is 19.4. The van der Waals surface area contributed by atoms with E-state index in [2.05, 4.69) is 31.7 Å². The van der Waals surface area contributed by atoms with Gasteiger partial charge in [-0.15, -0.1) is 26.3 Å². The van der Waals surface area contributed by atoms with Gasteiger partial charge in [0.15, 0.2) is 0 Å². The van der Waals surface area contributed by atoms with Crippen LogP contribution in [0.2, 0.25) is 0 Å². The number of carbonyl (C=O) groups excluding carboxylic acids is 1. The second-order valence-corrected chi connectivity index (χ2v) is 9.66. The lowest BCUT2D eigenvalue weighted by Crippen LogP contribution is -2.47. The molecule has 0 fully saturated rings. The Morgan fingerprint density at radius 3 is 1.91 bits per heavy atom. The van der Waals surface area contributed by atoms with Gasteiger partial charge in [-0.25, -0.2) is 4.79 Å². The molecule has 44 heavy (non-hydrogen) atoms. The predicted molar refractivity (Wildman–Crippen MR) is 154 cm³/mol. The van der Waals surface area contributed by atoms with E-state index in [0.717, 1.165) is 24.3 Å². The largest absolute Gasteiger partial charge is 0.573 e. The van der Waals surface area contributed by atoms with Crippen LogP contribution >= 0.6 is 0 Å². The number of rotatable bonds is 12. The summed E-state index contributed by atoms with van der Waals surface area (Å²) in [5.41, 5.74) is 6.08. The van der Waals surface area contributed by atoms with E-state index in [9.17, 15) is 31.1 Å². The summed E-state index contributed by atoms with van der Waals surface area (Å²) in [6, 6.07) is 18.2. The summed E-state index contributed by atoms with van der Waals surface area (Å²) in [5.74, 6) is -1.09. The molecule has 0 aliphatic rings. The van der Waals surface area contributed by atoms with Crippen LogP contribution in [0.15, 0.2) is 108 Å². The Kier molecular flexibility index (Phi) is 11.1. The molecule has 0 aliphatic carbocycles. The van der Waals surface area contributed by atoms with E-state index in [4.69, 9.17) is 5.73 Å². The minimum absolute atomic E-state index is 0.0112. The molecule has 0 unspecified atom stereocenters. The summed E-state index contributed by atoms with van der Waals surface area (Å²) in [5, 5.41) is 5.32. The van der Waals surface area contributed by atoms with Gasteiger partial charge in [0.05, 0.1) is 5.70 Å². The van der Waals surface area contributed by atoms with E-state index in [-0.39, 0.29) is 30.6 Å². The number of urea groups is 1. The number of benzene rings is 3. The number of allylic oxidation sites excluding steroid dienone is 1. The van der Waals surface area contributed by atoms with Crippen LogP contribution in [-0.4, -0.2) is 38.1 Å². The standard InChI is InChI=1S/C31H30F6N4O3/c1-21(18-39-22(2)17-38)19-40-28(42)41-20-29(16-23-8-4-3-5-9-23,24-10-6-12-26(14-24)43-30(32,33)34)25-11-7-13-27(15-25)44-31(35,36)37/h3-15,17-18H,1,16,19-20,38H2,2H3,(H2,40,41,42)/b22-17-,39-18-. The third-order valence-corrected chi connectivity index (χ3v) is 6.31. The summed E-state index contributed by atoms with van der Waals surface area (Å²) < 4.78 is 87.1. The average Bonchev–Trinajstić information content (AvgIpc) is 2.96. The fourth-order valence-electron chi connectivity index (χ4n) is 4.33. The van der Waals surface area contributed by atoms with Gasteiger partial charge in [0.1, 0.15) is 11.5 Å². The molecule has 0 radical (unpaired) electrons. The van der Waals surface area contributed by atoms with Crippen LogP contribution in [0.1, 0.15) is 23.6 Å². The van der Waals surface area contributed by atoms with Gasteiger partial charge < -0.3 is 25.8 Å². The lowest BCUT2D eigenvalue weighted by atomic mass is 9.70. The number of alkyl halides is 6. The molecule has 0 atom stereocenters. The second-order valence-electron chi connectivity index (χ2n) is 9.66. The van der Waals surface area contributed by atoms with Crippen molar-refractivity contribution in [3.63, 3.8) is 0 Å². The lowest BCUT2D eigenvalue weighted by Gasteiger charge is -2.36. The lowest BCUT2D eigenvalue weighted by molar-refractivity contribution is -0.275. The Morgan fingerprint density at radius 2 is 1.41 bits per heavy atom. The highest BCUT2D eigenvalue weighted by molar-refractivity contribution is 5.81. The zero-order chi connectivity index (χ0) is 32.4. The quantitative estimate of drug-likeness (QED) is 0.154. The first-order chi connectivity index (χ1) is 20.7. The van der Waals surface area contributed by atoms with Gasteiger partial charge in [-0.3, -0.25) is 4.99 Å². The van der Waals surface area contributed by atoms with Gasteiger partial charge in [0.25, 0.3) is 0 Å². The van der Waals surface area contributed by atoms with Gasteiger partial charge in [-0.05, 0) is 59.9 Å². The molecule has 2 amide bonds. The molecule has 0 spiro atoms. The number of amides is 2. The number of nitrogens with two attached hydrogens (primary N) is 1. The number of hydrogen-bond donors (Lipinski definition) is 3. The molecule has 0 aliphatic heterocycles. The van der Waals surface area contributed by atoms with Crippen molar-refractivity contribution in [3.8, 4) is 11.5 Å². The average molecular weight is 621 g/mol. The third kappa shape index (κ3) is 10.4. The smallest absolute Gasteiger partial charge is 0.406 e. The van der Waals surface area contributed by atoms with Crippen molar-refractivity contribution in [2.24, 2.45) is 10.7 Å². The summed E-state index contributed by atoms with van der Waals surface area (Å²) >= 11 is 0. The molecule has 4 N–H and O–H groups in total. The highest BCUT2D eigenvalue weighted by Crippen LogP contribution is 2.39. The molecule has 0 aromatic heterocycles. The van der Waals surface area contributed by atoms with E-state index >= 15 is 0 Å². The maximum absolute atomic E-state index is 13.1. The van der Waals surface area contributed by atoms with Crippen LogP contribution in [-0.2, 0) is 11.8 Å². The molecule has 3 rings (SSSR count). The SMILES string of the molecule is C=C(/C=N\C(C)=C/N)CNC(=O)NCC(Cc1ccccc1)(c1cccc(OC(F)(F)F)c1)c1cccc(OC(F)(F)F)c1. The number of nitrogens with zero attached hydrogens (tertiary/aromatic N) is 1. The number of nitrogens with one attached hydrogen (secondary N) is 2. The maximum atomic E-state index is 13.1. The second kappa shape index (κ2) is 14.5. The molecular weight excluding hydrogens is 590 g/mol. The summed E-state index contributed by atoms with van der Waals surface area (Å²) in [6.07, 6.45) is -7.23. The Hall–Kier alpha value is -4.94. The molecule has 0 bridgehead atoms. The number of ether oxygens (including phenoxy) is 2. The maximum Gasteiger partial charge on any atom is 0.573 e. The Bertz CT molecular complexity index is 1430. The van der Waals surface area contributed by atoms with Crippen LogP contribution < -0.4 is 25.8 Å². The molecule has 0 saturated heterocycles. The molecule has 234 valence electrons. The van der Waals surface area contributed by atoms with Crippen LogP contribution in [0, 0.1) is 0 Å². The highest BCUT2D eigenvalue weighted by Gasteiger charge is 2.38. The third-order valence-electron chi connectivity index (χ3n) is 6.31. The molecule has 0 heterocycles. The number of carbonyl (C=O) groups is 1. The van der Waals surface area contributed by atoms with Gasteiger partial charge in [-0.2, -0.15) is 0 Å². The fourth-order valence-corrected chi connectivity index (χ4v) is 4.33. The van der Waals surface area contributed by atoms with E-state index in [1.807, 2.05) is 0 Å². The van der Waals surface area contributed by atoms with Crippen molar-refractivity contribution in [1.82, 2.24) is 10.6 Å². The normalized spacial score (nSPS) is 12.6. The van der Waals surface area contributed by atoms with Crippen molar-refractivity contribution >= 4 is 12.2 Å². The van der Waals surface area contributed by atoms with E-state index in [1.54, 1.807) is 37.3 Å². The molecule has 0 saturated carbocycles. The summed E-state index contributed by atoms with van der Waals surface area (Å²) in [6.45, 7) is 5.20. The minimum Gasteiger partial charge on any atom is -0.406 e. The van der Waals surface area contributed by atoms with Crippen molar-refractivity contribution in [3.05, 3.63) is 120 Å². The van der Waals surface area contributed by atoms with Crippen LogP contribution in [0.5, 0.6) is 11.5 Å². The summed E-state index contributed by atoms with van der Waals surface area (Å²) in [7, 11) is 0. The van der Waals surface area contributed by atoms with Gasteiger partial charge >= 0.3 is 18.8 Å². The van der Waals surface area contributed by atoms with Crippen molar-refractivity contribution in [1.29, 1.82) is 0 Å². The molecule has 3 aromatic carbocycles. The molecule has 7 nitrogen and oxygen atoms in total. The van der Waals surface area contributed by atoms with Crippen LogP contribution in [0.4, 0.5) is 31.1 Å². The Balaban J connectivity index is 2.07. The number of hydrogen-bond acceptors (Lipinski definition) is 5. The van der Waals surface area contributed by atoms with Gasteiger partial charge in [-0.1, -0.05) is 61.2 Å². The van der Waals surface area contributed by atoms with Gasteiger partial charge in [0.2, 0.25) is 0 Å². The van der Waals surface area contributed by atoms with Gasteiger partial charge in [0, 0.05) is 30.9 Å². The summed E-state index contributed by atoms with van der Waals surface area (Å²) in [4.78, 5) is 17.0. The Labute approximate surface area is 250 Å². The first kappa shape index (κ1) is 33.6. The first-order valence-electron chi connectivity index (χ1n) is 13.1. The molecule has 13 heteroatoms. The van der Waals surface area contributed by atoms with Crippen molar-refractivity contribution in [2.75, 3.05) is 13.1 Å². The first-order valence-corrected chi connectivity index (χ1v) is 13.1. The molecular formula is C31H30F6N4O3. The fraction of sp³-hybridized carbons (Fsp3) is 0.226. The number of halogens is 6. The number of aliphatic imine (C=N–C) groups is 1. The van der Waals surface area contributed by atoms with Crippen LogP contribution in [0.3, 0.4) is 0 Å².